The number of aliphatic hydroxyl groups excluding tert-OH is 2. The van der Waals surface area contributed by atoms with E-state index < -0.39 is 16.8 Å². The predicted molar refractivity (Wildman–Crippen MR) is 62.7 cm³/mol. The number of amides is 1. The number of allylic oxidation sites excluding steroid dienone is 2. The fourth-order valence-electron chi connectivity index (χ4n) is 1.90. The van der Waals surface area contributed by atoms with Crippen molar-refractivity contribution >= 4 is 23.5 Å². The largest absolute Gasteiger partial charge is 0.392 e. The van der Waals surface area contributed by atoms with E-state index in [1.165, 1.54) is 6.08 Å². The molecule has 0 fully saturated rings. The van der Waals surface area contributed by atoms with Gasteiger partial charge in [0.2, 0.25) is 5.78 Å². The van der Waals surface area contributed by atoms with Crippen molar-refractivity contribution in [3.63, 3.8) is 0 Å². The Morgan fingerprint density at radius 1 is 1.47 bits per heavy atom. The number of hydrogen-bond donors (Lipinski definition) is 3. The van der Waals surface area contributed by atoms with Crippen molar-refractivity contribution < 1.29 is 19.8 Å². The first-order valence-electron chi connectivity index (χ1n) is 5.14. The Hall–Kier alpha value is -1.11. The second-order valence-electron chi connectivity index (χ2n) is 4.48. The van der Waals surface area contributed by atoms with E-state index in [9.17, 15) is 19.8 Å². The van der Waals surface area contributed by atoms with Gasteiger partial charge < -0.3 is 15.5 Å². The third-order valence-corrected chi connectivity index (χ3v) is 4.41. The van der Waals surface area contributed by atoms with Crippen LogP contribution in [-0.4, -0.2) is 33.9 Å². The minimum Gasteiger partial charge on any atom is -0.392 e. The standard InChI is InChI=1S/C11H13NO4S/c1-11(2)5(4-13)3-6(14)7-8(11)17-10(16)9(15)12-7/h3,10,13,16H,4H2,1-2H3,(H,12,15). The van der Waals surface area contributed by atoms with Gasteiger partial charge in [-0.25, -0.2) is 0 Å². The Balaban J connectivity index is 2.50. The molecule has 0 saturated heterocycles. The van der Waals surface area contributed by atoms with Crippen molar-refractivity contribution in [2.24, 2.45) is 5.41 Å². The van der Waals surface area contributed by atoms with Gasteiger partial charge >= 0.3 is 0 Å². The Labute approximate surface area is 103 Å². The van der Waals surface area contributed by atoms with Crippen molar-refractivity contribution in [3.8, 4) is 0 Å². The molecule has 0 spiro atoms. The van der Waals surface area contributed by atoms with Crippen molar-refractivity contribution in [2.45, 2.75) is 19.3 Å². The van der Waals surface area contributed by atoms with E-state index in [4.69, 9.17) is 0 Å². The van der Waals surface area contributed by atoms with E-state index >= 15 is 0 Å². The molecule has 1 amide bonds. The summed E-state index contributed by atoms with van der Waals surface area (Å²) in [5.41, 5.74) is -0.972. The van der Waals surface area contributed by atoms with E-state index in [1.54, 1.807) is 0 Å². The molecular weight excluding hydrogens is 242 g/mol. The van der Waals surface area contributed by atoms with Gasteiger partial charge in [-0.3, -0.25) is 9.59 Å². The monoisotopic (exact) mass is 255 g/mol. The highest BCUT2D eigenvalue weighted by molar-refractivity contribution is 8.04. The highest BCUT2D eigenvalue weighted by atomic mass is 32.2. The first-order chi connectivity index (χ1) is 7.87. The lowest BCUT2D eigenvalue weighted by molar-refractivity contribution is -0.126. The van der Waals surface area contributed by atoms with Gasteiger partial charge in [0, 0.05) is 10.3 Å². The molecule has 0 aromatic rings. The van der Waals surface area contributed by atoms with Crippen LogP contribution in [0.2, 0.25) is 0 Å². The Morgan fingerprint density at radius 3 is 2.71 bits per heavy atom. The fourth-order valence-corrected chi connectivity index (χ4v) is 2.98. The third kappa shape index (κ3) is 1.82. The number of ketones is 1. The number of hydrogen-bond acceptors (Lipinski definition) is 5. The summed E-state index contributed by atoms with van der Waals surface area (Å²) < 4.78 is 0. The van der Waals surface area contributed by atoms with Crippen LogP contribution in [0, 0.1) is 5.41 Å². The van der Waals surface area contributed by atoms with Crippen molar-refractivity contribution in [1.29, 1.82) is 0 Å². The van der Waals surface area contributed by atoms with E-state index in [1.807, 2.05) is 13.8 Å². The molecule has 1 unspecified atom stereocenters. The van der Waals surface area contributed by atoms with E-state index in [-0.39, 0.29) is 18.1 Å². The zero-order valence-electron chi connectivity index (χ0n) is 9.48. The number of rotatable bonds is 1. The molecule has 1 atom stereocenters. The lowest BCUT2D eigenvalue weighted by Crippen LogP contribution is -2.43. The van der Waals surface area contributed by atoms with Crippen molar-refractivity contribution in [2.75, 3.05) is 6.61 Å². The molecule has 1 heterocycles. The lowest BCUT2D eigenvalue weighted by Gasteiger charge is -2.37. The van der Waals surface area contributed by atoms with Crippen LogP contribution in [0.15, 0.2) is 22.3 Å². The smallest absolute Gasteiger partial charge is 0.264 e. The van der Waals surface area contributed by atoms with Crippen LogP contribution in [0.4, 0.5) is 0 Å². The second-order valence-corrected chi connectivity index (χ2v) is 5.57. The molecule has 6 heteroatoms. The van der Waals surface area contributed by atoms with Gasteiger partial charge in [0.05, 0.1) is 12.3 Å². The molecule has 5 nitrogen and oxygen atoms in total. The van der Waals surface area contributed by atoms with Gasteiger partial charge in [0.1, 0.15) is 0 Å². The van der Waals surface area contributed by atoms with Gasteiger partial charge in [0.15, 0.2) is 5.44 Å². The molecule has 0 saturated carbocycles. The van der Waals surface area contributed by atoms with Gasteiger partial charge in [-0.1, -0.05) is 25.6 Å². The third-order valence-electron chi connectivity index (χ3n) is 3.02. The predicted octanol–water partition coefficient (Wildman–Crippen LogP) is -0.0930. The van der Waals surface area contributed by atoms with Gasteiger partial charge in [-0.2, -0.15) is 0 Å². The maximum atomic E-state index is 11.8. The molecule has 2 rings (SSSR count). The maximum Gasteiger partial charge on any atom is 0.264 e. The Bertz CT molecular complexity index is 464. The molecule has 0 aromatic heterocycles. The van der Waals surface area contributed by atoms with Crippen LogP contribution >= 0.6 is 11.8 Å². The number of carbonyl (C=O) groups is 2. The summed E-state index contributed by atoms with van der Waals surface area (Å²) in [7, 11) is 0. The van der Waals surface area contributed by atoms with Gasteiger partial charge in [-0.15, -0.1) is 0 Å². The van der Waals surface area contributed by atoms with Gasteiger partial charge in [-0.05, 0) is 11.6 Å². The number of aliphatic hydroxyl groups is 2. The summed E-state index contributed by atoms with van der Waals surface area (Å²) >= 11 is 0.959. The highest BCUT2D eigenvalue weighted by Crippen LogP contribution is 2.47. The normalized spacial score (nSPS) is 27.5. The lowest BCUT2D eigenvalue weighted by atomic mass is 9.78. The summed E-state index contributed by atoms with van der Waals surface area (Å²) in [6.45, 7) is 3.46. The zero-order valence-corrected chi connectivity index (χ0v) is 10.3. The average molecular weight is 255 g/mol. The topological polar surface area (TPSA) is 86.6 Å². The Morgan fingerprint density at radius 2 is 2.12 bits per heavy atom. The molecule has 0 radical (unpaired) electrons. The maximum absolute atomic E-state index is 11.8. The molecular formula is C11H13NO4S. The molecule has 2 aliphatic rings. The molecule has 1 aliphatic heterocycles. The van der Waals surface area contributed by atoms with Crippen LogP contribution in [0.1, 0.15) is 13.8 Å². The molecule has 0 bridgehead atoms. The van der Waals surface area contributed by atoms with Crippen LogP contribution < -0.4 is 5.32 Å². The number of carbonyl (C=O) groups excluding carboxylic acids is 2. The molecule has 0 aromatic carbocycles. The first kappa shape index (κ1) is 12.3. The highest BCUT2D eigenvalue weighted by Gasteiger charge is 2.42. The molecule has 92 valence electrons. The summed E-state index contributed by atoms with van der Waals surface area (Å²) in [6, 6.07) is 0. The van der Waals surface area contributed by atoms with Crippen LogP contribution in [0.25, 0.3) is 0 Å². The van der Waals surface area contributed by atoms with E-state index in [2.05, 4.69) is 5.32 Å². The summed E-state index contributed by atoms with van der Waals surface area (Å²) in [6.07, 6.45) is 1.34. The number of nitrogens with one attached hydrogen (secondary N) is 1. The molecule has 3 N–H and O–H groups in total. The minimum atomic E-state index is -1.21. The van der Waals surface area contributed by atoms with Crippen molar-refractivity contribution in [1.82, 2.24) is 5.32 Å². The SMILES string of the molecule is CC1(C)C(CO)=CC(=O)C2=C1SC(O)C(=O)N2. The van der Waals surface area contributed by atoms with E-state index in [0.717, 1.165) is 11.8 Å². The number of thioether (sulfide) groups is 1. The minimum absolute atomic E-state index is 0.215. The van der Waals surface area contributed by atoms with Crippen molar-refractivity contribution in [3.05, 3.63) is 22.3 Å². The summed E-state index contributed by atoms with van der Waals surface area (Å²) in [5, 5.41) is 21.2. The average Bonchev–Trinajstić information content (AvgIpc) is 2.26. The molecule has 17 heavy (non-hydrogen) atoms. The second kappa shape index (κ2) is 3.97. The summed E-state index contributed by atoms with van der Waals surface area (Å²) in [4.78, 5) is 23.7. The summed E-state index contributed by atoms with van der Waals surface area (Å²) in [5.74, 6) is -0.921. The van der Waals surface area contributed by atoms with E-state index in [0.29, 0.717) is 10.5 Å². The fraction of sp³-hybridized carbons (Fsp3) is 0.455. The van der Waals surface area contributed by atoms with Gasteiger partial charge in [0.25, 0.3) is 5.91 Å². The Kier molecular flexibility index (Phi) is 2.89. The molecule has 1 aliphatic carbocycles. The van der Waals surface area contributed by atoms with Crippen LogP contribution in [0.3, 0.4) is 0 Å². The first-order valence-corrected chi connectivity index (χ1v) is 6.02. The van der Waals surface area contributed by atoms with Crippen LogP contribution in [-0.2, 0) is 9.59 Å². The quantitative estimate of drug-likeness (QED) is 0.609. The zero-order chi connectivity index (χ0) is 12.8. The van der Waals surface area contributed by atoms with Crippen LogP contribution in [0.5, 0.6) is 0 Å².